The average Bonchev–Trinajstić information content (AvgIpc) is 3.29. The molecule has 0 aliphatic carbocycles. The first-order valence-electron chi connectivity index (χ1n) is 11.5. The second-order valence-corrected chi connectivity index (χ2v) is 7.99. The van der Waals surface area contributed by atoms with E-state index in [1.165, 1.54) is 0 Å². The molecular formula is C26H30N6O4. The van der Waals surface area contributed by atoms with Crippen molar-refractivity contribution in [2.45, 2.75) is 31.0 Å². The number of hydrazine groups is 1. The second kappa shape index (κ2) is 13.1. The zero-order chi connectivity index (χ0) is 25.8. The summed E-state index contributed by atoms with van der Waals surface area (Å²) < 4.78 is 12.0. The van der Waals surface area contributed by atoms with Gasteiger partial charge in [0.2, 0.25) is 5.90 Å². The number of aliphatic hydroxyl groups excluding tert-OH is 1. The number of hydrogen-bond donors (Lipinski definition) is 3. The van der Waals surface area contributed by atoms with Crippen LogP contribution in [0.2, 0.25) is 0 Å². The molecule has 1 heterocycles. The van der Waals surface area contributed by atoms with Crippen LogP contribution >= 0.6 is 0 Å². The van der Waals surface area contributed by atoms with Crippen molar-refractivity contribution in [3.05, 3.63) is 101 Å². The molecule has 10 heteroatoms. The topological polar surface area (TPSA) is 141 Å². The van der Waals surface area contributed by atoms with Crippen LogP contribution in [0.1, 0.15) is 35.6 Å². The van der Waals surface area contributed by atoms with E-state index in [2.05, 4.69) is 34.0 Å². The molecule has 2 aromatic carbocycles. The number of carbonyl (C=O) groups is 1. The lowest BCUT2D eigenvalue weighted by atomic mass is 9.83. The van der Waals surface area contributed by atoms with Crippen LogP contribution in [0.3, 0.4) is 0 Å². The minimum atomic E-state index is -1.37. The fraction of sp³-hybridized carbons (Fsp3) is 0.308. The van der Waals surface area contributed by atoms with Gasteiger partial charge in [-0.25, -0.2) is 10.4 Å². The van der Waals surface area contributed by atoms with E-state index in [1.54, 1.807) is 36.4 Å². The number of nitrogens with one attached hydrogen (secondary N) is 2. The quantitative estimate of drug-likeness (QED) is 0.0920. The summed E-state index contributed by atoms with van der Waals surface area (Å²) in [6.45, 7) is 8.42. The van der Waals surface area contributed by atoms with Gasteiger partial charge in [-0.2, -0.15) is 0 Å². The van der Waals surface area contributed by atoms with Crippen molar-refractivity contribution in [1.82, 2.24) is 10.9 Å². The van der Waals surface area contributed by atoms with Crippen LogP contribution in [0.5, 0.6) is 5.75 Å². The maximum Gasteiger partial charge on any atom is 0.266 e. The standard InChI is InChI=1S/C26H30N6O4/c1-3-14-26(25(34)31-28-15-4-2)23(22-9-6-5-8-20(22)18-29-32-27)36-24(30-26)19-10-12-21(13-11-19)35-17-7-16-33/h3-6,8-13,23,28,33H,1-2,7,14-18H2,(H,31,34)/t23-,26-/m0/s1. The highest BCUT2D eigenvalue weighted by atomic mass is 16.5. The number of aliphatic imine (C=N–C) groups is 1. The molecule has 1 aliphatic rings. The average molecular weight is 491 g/mol. The number of ether oxygens (including phenoxy) is 2. The summed E-state index contributed by atoms with van der Waals surface area (Å²) in [6, 6.07) is 14.5. The number of aliphatic hydroxyl groups is 1. The third-order valence-corrected chi connectivity index (χ3v) is 5.58. The summed E-state index contributed by atoms with van der Waals surface area (Å²) in [5.74, 6) is 0.541. The van der Waals surface area contributed by atoms with E-state index in [-0.39, 0.29) is 19.6 Å². The van der Waals surface area contributed by atoms with Crippen LogP contribution in [-0.2, 0) is 16.1 Å². The Kier molecular flexibility index (Phi) is 9.64. The van der Waals surface area contributed by atoms with Crippen molar-refractivity contribution >= 4 is 11.8 Å². The van der Waals surface area contributed by atoms with E-state index in [0.29, 0.717) is 42.3 Å². The van der Waals surface area contributed by atoms with Crippen LogP contribution in [-0.4, -0.2) is 42.2 Å². The predicted molar refractivity (Wildman–Crippen MR) is 137 cm³/mol. The predicted octanol–water partition coefficient (Wildman–Crippen LogP) is 3.90. The number of hydrogen-bond acceptors (Lipinski definition) is 7. The van der Waals surface area contributed by atoms with E-state index < -0.39 is 17.6 Å². The van der Waals surface area contributed by atoms with Crippen LogP contribution in [0, 0.1) is 0 Å². The van der Waals surface area contributed by atoms with Crippen molar-refractivity contribution in [2.75, 3.05) is 19.8 Å². The first kappa shape index (κ1) is 26.5. The molecule has 0 fully saturated rings. The van der Waals surface area contributed by atoms with Gasteiger partial charge in [0.25, 0.3) is 5.91 Å². The molecule has 1 amide bonds. The van der Waals surface area contributed by atoms with Gasteiger partial charge in [-0.3, -0.25) is 10.2 Å². The Hall–Kier alpha value is -4.11. The van der Waals surface area contributed by atoms with Gasteiger partial charge in [0, 0.05) is 36.5 Å². The minimum Gasteiger partial charge on any atom is -0.494 e. The second-order valence-electron chi connectivity index (χ2n) is 7.99. The summed E-state index contributed by atoms with van der Waals surface area (Å²) in [7, 11) is 0. The number of rotatable bonds is 14. The summed E-state index contributed by atoms with van der Waals surface area (Å²) in [5, 5.41) is 12.6. The van der Waals surface area contributed by atoms with E-state index in [1.807, 2.05) is 24.3 Å². The van der Waals surface area contributed by atoms with Gasteiger partial charge in [-0.15, -0.1) is 13.2 Å². The van der Waals surface area contributed by atoms with Crippen LogP contribution < -0.4 is 15.6 Å². The number of nitrogens with zero attached hydrogens (tertiary/aromatic N) is 4. The molecule has 10 nitrogen and oxygen atoms in total. The molecule has 0 saturated carbocycles. The molecule has 36 heavy (non-hydrogen) atoms. The van der Waals surface area contributed by atoms with Gasteiger partial charge in [0.15, 0.2) is 11.6 Å². The highest BCUT2D eigenvalue weighted by Crippen LogP contribution is 2.43. The molecule has 0 radical (unpaired) electrons. The Labute approximate surface area is 209 Å². The SMILES string of the molecule is C=CCNNC(=O)[C@@]1(CC=C)N=C(c2ccc(OCCCO)cc2)O[C@H]1c1ccccc1CN=[N+]=[N-]. The summed E-state index contributed by atoms with van der Waals surface area (Å²) >= 11 is 0. The maximum absolute atomic E-state index is 13.6. The van der Waals surface area contributed by atoms with E-state index in [0.717, 1.165) is 5.56 Å². The van der Waals surface area contributed by atoms with Gasteiger partial charge in [0.05, 0.1) is 13.2 Å². The smallest absolute Gasteiger partial charge is 0.266 e. The van der Waals surface area contributed by atoms with Crippen molar-refractivity contribution in [1.29, 1.82) is 0 Å². The largest absolute Gasteiger partial charge is 0.494 e. The van der Waals surface area contributed by atoms with E-state index >= 15 is 0 Å². The molecule has 2 atom stereocenters. The molecule has 0 saturated heterocycles. The Morgan fingerprint density at radius 1 is 1.25 bits per heavy atom. The number of benzene rings is 2. The third kappa shape index (κ3) is 6.11. The first-order valence-corrected chi connectivity index (χ1v) is 11.5. The molecule has 2 aromatic rings. The van der Waals surface area contributed by atoms with Crippen molar-refractivity contribution < 1.29 is 19.4 Å². The Morgan fingerprint density at radius 3 is 2.72 bits per heavy atom. The van der Waals surface area contributed by atoms with Gasteiger partial charge >= 0.3 is 0 Å². The van der Waals surface area contributed by atoms with Crippen molar-refractivity contribution in [3.63, 3.8) is 0 Å². The van der Waals surface area contributed by atoms with E-state index in [4.69, 9.17) is 25.1 Å². The Morgan fingerprint density at radius 2 is 2.03 bits per heavy atom. The fourth-order valence-corrected chi connectivity index (χ4v) is 3.87. The molecule has 0 bridgehead atoms. The zero-order valence-electron chi connectivity index (χ0n) is 20.0. The lowest BCUT2D eigenvalue weighted by Gasteiger charge is -2.30. The van der Waals surface area contributed by atoms with Gasteiger partial charge < -0.3 is 14.6 Å². The van der Waals surface area contributed by atoms with Crippen molar-refractivity contribution in [3.8, 4) is 5.75 Å². The number of carbonyl (C=O) groups excluding carboxylic acids is 1. The van der Waals surface area contributed by atoms with Crippen LogP contribution in [0.15, 0.2) is 83.9 Å². The molecule has 1 aliphatic heterocycles. The van der Waals surface area contributed by atoms with Crippen molar-refractivity contribution in [2.24, 2.45) is 10.1 Å². The Balaban J connectivity index is 2.03. The molecule has 188 valence electrons. The molecule has 0 aromatic heterocycles. The van der Waals surface area contributed by atoms with Gasteiger partial charge in [0.1, 0.15) is 5.75 Å². The molecule has 0 spiro atoms. The third-order valence-electron chi connectivity index (χ3n) is 5.58. The van der Waals surface area contributed by atoms with Gasteiger partial charge in [-0.05, 0) is 40.9 Å². The first-order chi connectivity index (χ1) is 17.6. The van der Waals surface area contributed by atoms with Crippen LogP contribution in [0.25, 0.3) is 10.4 Å². The fourth-order valence-electron chi connectivity index (χ4n) is 3.87. The monoisotopic (exact) mass is 490 g/mol. The zero-order valence-corrected chi connectivity index (χ0v) is 20.0. The lowest BCUT2D eigenvalue weighted by Crippen LogP contribution is -2.52. The molecule has 3 N–H and O–H groups in total. The number of azide groups is 1. The molecule has 3 rings (SSSR count). The summed E-state index contributed by atoms with van der Waals surface area (Å²) in [4.78, 5) is 21.2. The van der Waals surface area contributed by atoms with E-state index in [9.17, 15) is 4.79 Å². The highest BCUT2D eigenvalue weighted by Gasteiger charge is 2.53. The summed E-state index contributed by atoms with van der Waals surface area (Å²) in [6.07, 6.45) is 3.18. The molecular weight excluding hydrogens is 460 g/mol. The normalized spacial score (nSPS) is 18.4. The molecule has 0 unspecified atom stereocenters. The summed E-state index contributed by atoms with van der Waals surface area (Å²) in [5.41, 5.74) is 15.1. The maximum atomic E-state index is 13.6. The van der Waals surface area contributed by atoms with Gasteiger partial charge in [-0.1, -0.05) is 41.5 Å². The number of amides is 1. The van der Waals surface area contributed by atoms with Crippen LogP contribution in [0.4, 0.5) is 0 Å². The minimum absolute atomic E-state index is 0.0559. The highest BCUT2D eigenvalue weighted by molar-refractivity contribution is 6.01. The lowest BCUT2D eigenvalue weighted by molar-refractivity contribution is -0.129. The Bertz CT molecular complexity index is 1140.